The van der Waals surface area contributed by atoms with Crippen LogP contribution in [0.1, 0.15) is 30.6 Å². The van der Waals surface area contributed by atoms with Crippen molar-refractivity contribution in [3.8, 4) is 11.5 Å². The number of methoxy groups -OCH3 is 2. The second-order valence-electron chi connectivity index (χ2n) is 7.90. The number of piperazine rings is 1. The molecule has 2 aromatic rings. The van der Waals surface area contributed by atoms with Gasteiger partial charge in [-0.2, -0.15) is 0 Å². The fourth-order valence-corrected chi connectivity index (χ4v) is 4.26. The molecule has 0 amide bonds. The lowest BCUT2D eigenvalue weighted by Gasteiger charge is -2.36. The Morgan fingerprint density at radius 3 is 2.62 bits per heavy atom. The summed E-state index contributed by atoms with van der Waals surface area (Å²) in [6, 6.07) is 5.97. The van der Waals surface area contributed by atoms with Crippen LogP contribution in [0.25, 0.3) is 0 Å². The van der Waals surface area contributed by atoms with Crippen molar-refractivity contribution in [2.45, 2.75) is 39.4 Å². The van der Waals surface area contributed by atoms with Gasteiger partial charge in [0, 0.05) is 57.8 Å². The fourth-order valence-electron chi connectivity index (χ4n) is 4.26. The van der Waals surface area contributed by atoms with Crippen molar-refractivity contribution in [1.29, 1.82) is 0 Å². The largest absolute Gasteiger partial charge is 0.497 e. The Hall–Kier alpha value is -2.08. The summed E-state index contributed by atoms with van der Waals surface area (Å²) >= 11 is 0. The zero-order valence-electron chi connectivity index (χ0n) is 19.2. The van der Waals surface area contributed by atoms with Gasteiger partial charge in [0.1, 0.15) is 23.9 Å². The number of nitrogens with zero attached hydrogens (tertiary/aromatic N) is 6. The zero-order valence-corrected chi connectivity index (χ0v) is 21.5. The van der Waals surface area contributed by atoms with Crippen molar-refractivity contribution in [3.05, 3.63) is 35.4 Å². The number of fused-ring (bicyclic) bond motifs is 1. The van der Waals surface area contributed by atoms with Gasteiger partial charge in [-0.15, -0.1) is 34.2 Å². The average molecular weight is 555 g/mol. The van der Waals surface area contributed by atoms with E-state index in [4.69, 9.17) is 14.5 Å². The summed E-state index contributed by atoms with van der Waals surface area (Å²) in [5, 5.41) is 12.1. The number of aliphatic imine (C=N–C) groups is 1. The Kier molecular flexibility index (Phi) is 8.97. The minimum Gasteiger partial charge on any atom is -0.497 e. The molecule has 176 valence electrons. The van der Waals surface area contributed by atoms with Gasteiger partial charge >= 0.3 is 0 Å². The third kappa shape index (κ3) is 5.64. The monoisotopic (exact) mass is 555 g/mol. The Labute approximate surface area is 207 Å². The Morgan fingerprint density at radius 2 is 1.91 bits per heavy atom. The van der Waals surface area contributed by atoms with Crippen LogP contribution in [-0.2, 0) is 26.1 Å². The first-order chi connectivity index (χ1) is 15.2. The molecule has 0 radical (unpaired) electrons. The highest BCUT2D eigenvalue weighted by Crippen LogP contribution is 2.25. The molecule has 1 fully saturated rings. The number of rotatable bonds is 7. The lowest BCUT2D eigenvalue weighted by Crippen LogP contribution is -2.52. The van der Waals surface area contributed by atoms with Gasteiger partial charge in [-0.3, -0.25) is 4.90 Å². The normalized spacial score (nSPS) is 16.5. The first kappa shape index (κ1) is 24.6. The number of halogens is 1. The summed E-state index contributed by atoms with van der Waals surface area (Å²) in [4.78, 5) is 9.65. The van der Waals surface area contributed by atoms with Gasteiger partial charge < -0.3 is 24.3 Å². The predicted molar refractivity (Wildman–Crippen MR) is 135 cm³/mol. The van der Waals surface area contributed by atoms with Gasteiger partial charge in [0.2, 0.25) is 0 Å². The van der Waals surface area contributed by atoms with E-state index in [1.165, 1.54) is 0 Å². The van der Waals surface area contributed by atoms with Crippen molar-refractivity contribution in [2.75, 3.05) is 46.9 Å². The molecule has 2 aliphatic heterocycles. The number of ether oxygens (including phenoxy) is 2. The van der Waals surface area contributed by atoms with E-state index in [-0.39, 0.29) is 24.0 Å². The Morgan fingerprint density at radius 1 is 1.09 bits per heavy atom. The highest BCUT2D eigenvalue weighted by molar-refractivity contribution is 14.0. The van der Waals surface area contributed by atoms with Crippen LogP contribution in [0.15, 0.2) is 23.2 Å². The summed E-state index contributed by atoms with van der Waals surface area (Å²) in [5.74, 6) is 4.77. The van der Waals surface area contributed by atoms with E-state index in [0.717, 1.165) is 93.3 Å². The standard InChI is InChI=1S/C22H33N7O2.HI/c1-4-23-22(24-15-21-26-25-20-6-5-9-29(20)21)28-12-10-27(11-13-28)16-17-14-18(30-2)7-8-19(17)31-3;/h7-8,14H,4-6,9-13,15-16H2,1-3H3,(H,23,24);1H. The summed E-state index contributed by atoms with van der Waals surface area (Å²) in [5.41, 5.74) is 1.15. The number of aromatic nitrogens is 3. The molecular weight excluding hydrogens is 521 g/mol. The van der Waals surface area contributed by atoms with Crippen molar-refractivity contribution in [2.24, 2.45) is 4.99 Å². The zero-order chi connectivity index (χ0) is 21.6. The number of aryl methyl sites for hydroxylation is 1. The number of hydrogen-bond acceptors (Lipinski definition) is 6. The second-order valence-corrected chi connectivity index (χ2v) is 7.90. The van der Waals surface area contributed by atoms with Gasteiger partial charge in [-0.1, -0.05) is 0 Å². The van der Waals surface area contributed by atoms with Crippen molar-refractivity contribution in [1.82, 2.24) is 29.9 Å². The Balaban J connectivity index is 0.00000289. The van der Waals surface area contributed by atoms with Gasteiger partial charge in [0.15, 0.2) is 11.8 Å². The summed E-state index contributed by atoms with van der Waals surface area (Å²) < 4.78 is 13.1. The maximum absolute atomic E-state index is 5.54. The molecule has 4 rings (SSSR count). The van der Waals surface area contributed by atoms with E-state index >= 15 is 0 Å². The molecule has 0 bridgehead atoms. The van der Waals surface area contributed by atoms with Gasteiger partial charge in [-0.05, 0) is 31.5 Å². The third-order valence-electron chi connectivity index (χ3n) is 5.94. The van der Waals surface area contributed by atoms with Gasteiger partial charge in [0.05, 0.1) is 14.2 Å². The topological polar surface area (TPSA) is 80.0 Å². The molecule has 0 atom stereocenters. The van der Waals surface area contributed by atoms with Crippen molar-refractivity contribution < 1.29 is 9.47 Å². The number of hydrogen-bond donors (Lipinski definition) is 1. The molecule has 10 heteroatoms. The molecule has 1 aromatic carbocycles. The first-order valence-corrected chi connectivity index (χ1v) is 11.1. The van der Waals surface area contributed by atoms with Crippen molar-refractivity contribution >= 4 is 29.9 Å². The van der Waals surface area contributed by atoms with Gasteiger partial charge in [-0.25, -0.2) is 4.99 Å². The molecule has 1 saturated heterocycles. The number of guanidine groups is 1. The molecule has 0 saturated carbocycles. The molecule has 0 spiro atoms. The summed E-state index contributed by atoms with van der Waals surface area (Å²) in [7, 11) is 3.41. The molecule has 0 unspecified atom stereocenters. The van der Waals surface area contributed by atoms with E-state index < -0.39 is 0 Å². The van der Waals surface area contributed by atoms with Crippen LogP contribution >= 0.6 is 24.0 Å². The van der Waals surface area contributed by atoms with E-state index in [1.54, 1.807) is 14.2 Å². The van der Waals surface area contributed by atoms with Crippen LogP contribution in [-0.4, -0.2) is 77.5 Å². The fraction of sp³-hybridized carbons (Fsp3) is 0.591. The van der Waals surface area contributed by atoms with Crippen LogP contribution in [0, 0.1) is 0 Å². The molecule has 1 aromatic heterocycles. The molecule has 9 nitrogen and oxygen atoms in total. The van der Waals surface area contributed by atoms with Crippen molar-refractivity contribution in [3.63, 3.8) is 0 Å². The molecule has 3 heterocycles. The maximum atomic E-state index is 5.54. The quantitative estimate of drug-likeness (QED) is 0.319. The average Bonchev–Trinajstić information content (AvgIpc) is 3.42. The molecule has 32 heavy (non-hydrogen) atoms. The lowest BCUT2D eigenvalue weighted by atomic mass is 10.1. The smallest absolute Gasteiger partial charge is 0.194 e. The van der Waals surface area contributed by atoms with E-state index in [0.29, 0.717) is 6.54 Å². The van der Waals surface area contributed by atoms with Crippen LogP contribution in [0.4, 0.5) is 0 Å². The lowest BCUT2D eigenvalue weighted by molar-refractivity contribution is 0.171. The number of nitrogens with one attached hydrogen (secondary N) is 1. The summed E-state index contributed by atoms with van der Waals surface area (Å²) in [6.45, 7) is 9.15. The van der Waals surface area contributed by atoms with Crippen LogP contribution in [0.2, 0.25) is 0 Å². The first-order valence-electron chi connectivity index (χ1n) is 11.1. The van der Waals surface area contributed by atoms with Crippen LogP contribution in [0.3, 0.4) is 0 Å². The Bertz CT molecular complexity index is 910. The van der Waals surface area contributed by atoms with E-state index in [2.05, 4.69) is 42.9 Å². The molecule has 1 N–H and O–H groups in total. The van der Waals surface area contributed by atoms with E-state index in [1.807, 2.05) is 12.1 Å². The highest BCUT2D eigenvalue weighted by Gasteiger charge is 2.22. The third-order valence-corrected chi connectivity index (χ3v) is 5.94. The number of benzene rings is 1. The predicted octanol–water partition coefficient (Wildman–Crippen LogP) is 2.14. The molecular formula is C22H34IN7O2. The van der Waals surface area contributed by atoms with E-state index in [9.17, 15) is 0 Å². The minimum atomic E-state index is 0. The second kappa shape index (κ2) is 11.7. The van der Waals surface area contributed by atoms with Crippen LogP contribution < -0.4 is 14.8 Å². The minimum absolute atomic E-state index is 0. The highest BCUT2D eigenvalue weighted by atomic mass is 127. The SMILES string of the molecule is CCNC(=NCc1nnc2n1CCC2)N1CCN(Cc2cc(OC)ccc2OC)CC1.I. The van der Waals surface area contributed by atoms with Crippen LogP contribution in [0.5, 0.6) is 11.5 Å². The molecule has 2 aliphatic rings. The summed E-state index contributed by atoms with van der Waals surface area (Å²) in [6.07, 6.45) is 2.18. The van der Waals surface area contributed by atoms with Gasteiger partial charge in [0.25, 0.3) is 0 Å². The maximum Gasteiger partial charge on any atom is 0.194 e. The molecule has 0 aliphatic carbocycles.